The molecule has 0 aliphatic rings. The fourth-order valence-electron chi connectivity index (χ4n) is 2.03. The van der Waals surface area contributed by atoms with Crippen LogP contribution in [0.1, 0.15) is 0 Å². The molecule has 5 nitrogen and oxygen atoms in total. The number of pyridine rings is 1. The van der Waals surface area contributed by atoms with E-state index < -0.39 is 4.92 Å². The Balaban J connectivity index is 1.82. The maximum absolute atomic E-state index is 10.6. The molecule has 3 rings (SSSR count). The van der Waals surface area contributed by atoms with Gasteiger partial charge in [0.15, 0.2) is 0 Å². The van der Waals surface area contributed by atoms with Crippen LogP contribution in [0.2, 0.25) is 0 Å². The van der Waals surface area contributed by atoms with E-state index in [-0.39, 0.29) is 5.69 Å². The van der Waals surface area contributed by atoms with Gasteiger partial charge in [-0.3, -0.25) is 10.1 Å². The van der Waals surface area contributed by atoms with Gasteiger partial charge in [-0.1, -0.05) is 42.5 Å². The van der Waals surface area contributed by atoms with E-state index >= 15 is 0 Å². The van der Waals surface area contributed by atoms with E-state index in [4.69, 9.17) is 4.74 Å². The van der Waals surface area contributed by atoms with Crippen molar-refractivity contribution in [3.05, 3.63) is 83.0 Å². The van der Waals surface area contributed by atoms with Gasteiger partial charge in [-0.25, -0.2) is 4.98 Å². The van der Waals surface area contributed by atoms with Crippen molar-refractivity contribution in [2.75, 3.05) is 0 Å². The second kappa shape index (κ2) is 6.05. The minimum Gasteiger partial charge on any atom is -0.439 e. The highest BCUT2D eigenvalue weighted by Gasteiger charge is 2.07. The Bertz CT molecular complexity index is 787. The van der Waals surface area contributed by atoms with Crippen LogP contribution in [0.15, 0.2) is 72.9 Å². The Morgan fingerprint density at radius 1 is 0.909 bits per heavy atom. The zero-order chi connectivity index (χ0) is 15.4. The molecule has 3 aromatic rings. The van der Waals surface area contributed by atoms with Crippen molar-refractivity contribution in [2.24, 2.45) is 0 Å². The first-order valence-electron chi connectivity index (χ1n) is 6.66. The summed E-state index contributed by atoms with van der Waals surface area (Å²) in [4.78, 5) is 14.0. The predicted molar refractivity (Wildman–Crippen MR) is 82.8 cm³/mol. The first kappa shape index (κ1) is 13.8. The molecule has 0 aliphatic carbocycles. The molecule has 22 heavy (non-hydrogen) atoms. The molecule has 2 aromatic carbocycles. The average Bonchev–Trinajstić information content (AvgIpc) is 2.56. The van der Waals surface area contributed by atoms with Crippen molar-refractivity contribution >= 4 is 5.69 Å². The summed E-state index contributed by atoms with van der Waals surface area (Å²) in [5, 5.41) is 10.6. The van der Waals surface area contributed by atoms with Crippen molar-refractivity contribution in [1.82, 2.24) is 4.98 Å². The molecule has 108 valence electrons. The van der Waals surface area contributed by atoms with E-state index in [0.29, 0.717) is 11.6 Å². The standard InChI is InChI=1S/C17H12N2O3/c20-19(21)15-9-10-17(18-12-15)22-16-8-4-7-14(11-16)13-5-2-1-3-6-13/h1-12H. The third-order valence-corrected chi connectivity index (χ3v) is 3.10. The Kier molecular flexibility index (Phi) is 3.78. The van der Waals surface area contributed by atoms with E-state index in [2.05, 4.69) is 4.98 Å². The first-order valence-corrected chi connectivity index (χ1v) is 6.66. The molecule has 0 unspecified atom stereocenters. The van der Waals surface area contributed by atoms with E-state index in [1.165, 1.54) is 18.3 Å². The zero-order valence-corrected chi connectivity index (χ0v) is 11.5. The molecule has 0 radical (unpaired) electrons. The quantitative estimate of drug-likeness (QED) is 0.526. The summed E-state index contributed by atoms with van der Waals surface area (Å²) in [7, 11) is 0. The average molecular weight is 292 g/mol. The van der Waals surface area contributed by atoms with Gasteiger partial charge in [0.1, 0.15) is 11.9 Å². The van der Waals surface area contributed by atoms with Crippen molar-refractivity contribution in [3.63, 3.8) is 0 Å². The van der Waals surface area contributed by atoms with Crippen LogP contribution < -0.4 is 4.74 Å². The lowest BCUT2D eigenvalue weighted by molar-refractivity contribution is -0.385. The summed E-state index contributed by atoms with van der Waals surface area (Å²) < 4.78 is 5.64. The minimum atomic E-state index is -0.493. The summed E-state index contributed by atoms with van der Waals surface area (Å²) in [5.41, 5.74) is 2.05. The maximum Gasteiger partial charge on any atom is 0.287 e. The lowest BCUT2D eigenvalue weighted by Gasteiger charge is -2.07. The molecular formula is C17H12N2O3. The molecule has 0 spiro atoms. The van der Waals surface area contributed by atoms with Crippen LogP contribution in [-0.4, -0.2) is 9.91 Å². The van der Waals surface area contributed by atoms with Crippen LogP contribution in [0.3, 0.4) is 0 Å². The fraction of sp³-hybridized carbons (Fsp3) is 0. The lowest BCUT2D eigenvalue weighted by Crippen LogP contribution is -1.91. The van der Waals surface area contributed by atoms with Gasteiger partial charge in [-0.05, 0) is 23.3 Å². The van der Waals surface area contributed by atoms with E-state index in [0.717, 1.165) is 11.1 Å². The van der Waals surface area contributed by atoms with Crippen molar-refractivity contribution in [3.8, 4) is 22.8 Å². The molecule has 0 amide bonds. The number of hydrogen-bond acceptors (Lipinski definition) is 4. The smallest absolute Gasteiger partial charge is 0.287 e. The SMILES string of the molecule is O=[N+]([O-])c1ccc(Oc2cccc(-c3ccccc3)c2)nc1. The summed E-state index contributed by atoms with van der Waals surface area (Å²) >= 11 is 0. The first-order chi connectivity index (χ1) is 10.7. The van der Waals surface area contributed by atoms with Gasteiger partial charge in [0.2, 0.25) is 5.88 Å². The summed E-state index contributed by atoms with van der Waals surface area (Å²) in [6.45, 7) is 0. The van der Waals surface area contributed by atoms with Crippen LogP contribution in [0, 0.1) is 10.1 Å². The molecule has 0 aliphatic heterocycles. The predicted octanol–water partition coefficient (Wildman–Crippen LogP) is 4.45. The lowest BCUT2D eigenvalue weighted by atomic mass is 10.1. The van der Waals surface area contributed by atoms with Crippen LogP contribution in [0.4, 0.5) is 5.69 Å². The molecule has 0 saturated heterocycles. The van der Waals surface area contributed by atoms with E-state index in [9.17, 15) is 10.1 Å². The van der Waals surface area contributed by atoms with Crippen LogP contribution >= 0.6 is 0 Å². The number of benzene rings is 2. The van der Waals surface area contributed by atoms with Crippen LogP contribution in [0.5, 0.6) is 11.6 Å². The number of hydrogen-bond donors (Lipinski definition) is 0. The Morgan fingerprint density at radius 3 is 2.36 bits per heavy atom. The fourth-order valence-corrected chi connectivity index (χ4v) is 2.03. The minimum absolute atomic E-state index is 0.0645. The highest BCUT2D eigenvalue weighted by atomic mass is 16.6. The summed E-state index contributed by atoms with van der Waals surface area (Å²) in [6, 6.07) is 20.4. The van der Waals surface area contributed by atoms with Gasteiger partial charge in [-0.15, -0.1) is 0 Å². The Morgan fingerprint density at radius 2 is 1.68 bits per heavy atom. The Hall–Kier alpha value is -3.21. The van der Waals surface area contributed by atoms with Gasteiger partial charge in [0.05, 0.1) is 4.92 Å². The van der Waals surface area contributed by atoms with Crippen molar-refractivity contribution < 1.29 is 9.66 Å². The highest BCUT2D eigenvalue weighted by Crippen LogP contribution is 2.26. The Labute approximate surface area is 127 Å². The number of ether oxygens (including phenoxy) is 1. The molecule has 1 aromatic heterocycles. The molecule has 1 heterocycles. The normalized spacial score (nSPS) is 10.2. The van der Waals surface area contributed by atoms with Crippen LogP contribution in [-0.2, 0) is 0 Å². The number of nitrogens with zero attached hydrogens (tertiary/aromatic N) is 2. The topological polar surface area (TPSA) is 65.3 Å². The number of aromatic nitrogens is 1. The van der Waals surface area contributed by atoms with Crippen molar-refractivity contribution in [1.29, 1.82) is 0 Å². The molecule has 0 saturated carbocycles. The van der Waals surface area contributed by atoms with E-state index in [1.807, 2.05) is 54.6 Å². The number of rotatable bonds is 4. The maximum atomic E-state index is 10.6. The molecule has 0 bridgehead atoms. The van der Waals surface area contributed by atoms with Crippen LogP contribution in [0.25, 0.3) is 11.1 Å². The van der Waals surface area contributed by atoms with Gasteiger partial charge >= 0.3 is 0 Å². The molecular weight excluding hydrogens is 280 g/mol. The molecule has 0 atom stereocenters. The molecule has 5 heteroatoms. The second-order valence-electron chi connectivity index (χ2n) is 4.61. The molecule has 0 fully saturated rings. The summed E-state index contributed by atoms with van der Waals surface area (Å²) in [5.74, 6) is 0.943. The third-order valence-electron chi connectivity index (χ3n) is 3.10. The van der Waals surface area contributed by atoms with Gasteiger partial charge in [0, 0.05) is 12.1 Å². The van der Waals surface area contributed by atoms with Gasteiger partial charge < -0.3 is 4.74 Å². The largest absolute Gasteiger partial charge is 0.439 e. The number of nitro groups is 1. The second-order valence-corrected chi connectivity index (χ2v) is 4.61. The van der Waals surface area contributed by atoms with Gasteiger partial charge in [0.25, 0.3) is 5.69 Å². The zero-order valence-electron chi connectivity index (χ0n) is 11.5. The van der Waals surface area contributed by atoms with E-state index in [1.54, 1.807) is 0 Å². The van der Waals surface area contributed by atoms with Crippen molar-refractivity contribution in [2.45, 2.75) is 0 Å². The highest BCUT2D eigenvalue weighted by molar-refractivity contribution is 5.65. The summed E-state index contributed by atoms with van der Waals surface area (Å²) in [6.07, 6.45) is 1.18. The van der Waals surface area contributed by atoms with Gasteiger partial charge in [-0.2, -0.15) is 0 Å². The monoisotopic (exact) mass is 292 g/mol. The third kappa shape index (κ3) is 3.09. The molecule has 0 N–H and O–H groups in total.